The van der Waals surface area contributed by atoms with E-state index in [-0.39, 0.29) is 12.5 Å². The van der Waals surface area contributed by atoms with Crippen LogP contribution < -0.4 is 10.1 Å². The molecule has 1 aromatic heterocycles. The minimum atomic E-state index is -0.233. The maximum absolute atomic E-state index is 12.2. The van der Waals surface area contributed by atoms with Crippen LogP contribution in [0.15, 0.2) is 53.0 Å². The number of anilines is 1. The first-order chi connectivity index (χ1) is 12.9. The average molecular weight is 445 g/mol. The standard InChI is InChI=1S/C21H21BrN2O2S/c1-13(2)16-9-10-18(17(22)11-16)26-12-19(25)23-21-24-20(14(3)27-21)15-7-5-4-6-8-15/h4-11,13H,12H2,1-3H3,(H,23,24,25). The van der Waals surface area contributed by atoms with Gasteiger partial charge in [0.15, 0.2) is 11.7 Å². The first-order valence-electron chi connectivity index (χ1n) is 8.69. The first kappa shape index (κ1) is 19.6. The van der Waals surface area contributed by atoms with Gasteiger partial charge < -0.3 is 4.74 Å². The van der Waals surface area contributed by atoms with Crippen LogP contribution in [0.5, 0.6) is 5.75 Å². The lowest BCUT2D eigenvalue weighted by Gasteiger charge is -2.11. The molecule has 0 fully saturated rings. The molecular weight excluding hydrogens is 424 g/mol. The summed E-state index contributed by atoms with van der Waals surface area (Å²) in [5.74, 6) is 0.851. The molecule has 0 saturated carbocycles. The fraction of sp³-hybridized carbons (Fsp3) is 0.238. The number of halogens is 1. The van der Waals surface area contributed by atoms with E-state index in [9.17, 15) is 4.79 Å². The highest BCUT2D eigenvalue weighted by Gasteiger charge is 2.13. The van der Waals surface area contributed by atoms with Crippen molar-refractivity contribution in [1.82, 2.24) is 4.98 Å². The second-order valence-corrected chi connectivity index (χ2v) is 8.53. The molecule has 0 radical (unpaired) electrons. The second kappa shape index (κ2) is 8.67. The summed E-state index contributed by atoms with van der Waals surface area (Å²) >= 11 is 4.96. The van der Waals surface area contributed by atoms with Crippen LogP contribution in [-0.2, 0) is 4.79 Å². The smallest absolute Gasteiger partial charge is 0.264 e. The van der Waals surface area contributed by atoms with E-state index in [1.807, 2.05) is 55.5 Å². The van der Waals surface area contributed by atoms with E-state index < -0.39 is 0 Å². The third kappa shape index (κ3) is 4.96. The zero-order valence-electron chi connectivity index (χ0n) is 15.5. The Morgan fingerprint density at radius 1 is 1.22 bits per heavy atom. The monoisotopic (exact) mass is 444 g/mol. The van der Waals surface area contributed by atoms with E-state index in [0.717, 1.165) is 20.6 Å². The highest BCUT2D eigenvalue weighted by atomic mass is 79.9. The maximum atomic E-state index is 12.2. The minimum Gasteiger partial charge on any atom is -0.483 e. The normalized spacial score (nSPS) is 10.9. The highest BCUT2D eigenvalue weighted by molar-refractivity contribution is 9.10. The molecule has 0 saturated heterocycles. The zero-order valence-corrected chi connectivity index (χ0v) is 17.9. The van der Waals surface area contributed by atoms with Gasteiger partial charge in [-0.25, -0.2) is 4.98 Å². The molecule has 6 heteroatoms. The fourth-order valence-corrected chi connectivity index (χ4v) is 3.97. The molecular formula is C21H21BrN2O2S. The number of amides is 1. The number of aromatic nitrogens is 1. The molecule has 0 bridgehead atoms. The molecule has 0 aliphatic heterocycles. The molecule has 0 aliphatic carbocycles. The van der Waals surface area contributed by atoms with E-state index in [1.54, 1.807) is 0 Å². The van der Waals surface area contributed by atoms with Crippen molar-refractivity contribution in [2.24, 2.45) is 0 Å². The van der Waals surface area contributed by atoms with Crippen LogP contribution in [-0.4, -0.2) is 17.5 Å². The predicted octanol–water partition coefficient (Wildman–Crippen LogP) is 6.02. The van der Waals surface area contributed by atoms with Crippen molar-refractivity contribution in [2.45, 2.75) is 26.7 Å². The molecule has 27 heavy (non-hydrogen) atoms. The molecule has 1 heterocycles. The molecule has 0 aliphatic rings. The summed E-state index contributed by atoms with van der Waals surface area (Å²) in [6, 6.07) is 15.9. The third-order valence-electron chi connectivity index (χ3n) is 4.07. The van der Waals surface area contributed by atoms with Gasteiger partial charge in [0.25, 0.3) is 5.91 Å². The topological polar surface area (TPSA) is 51.2 Å². The second-order valence-electron chi connectivity index (χ2n) is 6.47. The van der Waals surface area contributed by atoms with Gasteiger partial charge in [-0.15, -0.1) is 11.3 Å². The maximum Gasteiger partial charge on any atom is 0.264 e. The number of carbonyl (C=O) groups excluding carboxylic acids is 1. The van der Waals surface area contributed by atoms with Gasteiger partial charge in [0.1, 0.15) is 5.75 Å². The van der Waals surface area contributed by atoms with E-state index in [0.29, 0.717) is 16.8 Å². The minimum absolute atomic E-state index is 0.0705. The van der Waals surface area contributed by atoms with Gasteiger partial charge in [0, 0.05) is 10.4 Å². The largest absolute Gasteiger partial charge is 0.483 e. The van der Waals surface area contributed by atoms with E-state index in [4.69, 9.17) is 4.74 Å². The summed E-state index contributed by atoms with van der Waals surface area (Å²) in [5, 5.41) is 3.40. The van der Waals surface area contributed by atoms with Crippen LogP contribution in [0.4, 0.5) is 5.13 Å². The van der Waals surface area contributed by atoms with Crippen LogP contribution in [0.3, 0.4) is 0 Å². The van der Waals surface area contributed by atoms with Crippen LogP contribution >= 0.6 is 27.3 Å². The lowest BCUT2D eigenvalue weighted by atomic mass is 10.0. The van der Waals surface area contributed by atoms with Gasteiger partial charge in [0.05, 0.1) is 10.2 Å². The highest BCUT2D eigenvalue weighted by Crippen LogP contribution is 2.31. The van der Waals surface area contributed by atoms with Gasteiger partial charge in [-0.1, -0.05) is 50.2 Å². The molecule has 0 spiro atoms. The van der Waals surface area contributed by atoms with Crippen molar-refractivity contribution in [2.75, 3.05) is 11.9 Å². The number of thiazole rings is 1. The zero-order chi connectivity index (χ0) is 19.4. The van der Waals surface area contributed by atoms with E-state index in [1.165, 1.54) is 16.9 Å². The quantitative estimate of drug-likeness (QED) is 0.505. The molecule has 0 unspecified atom stereocenters. The molecule has 4 nitrogen and oxygen atoms in total. The summed E-state index contributed by atoms with van der Waals surface area (Å²) in [6.07, 6.45) is 0. The number of nitrogens with zero attached hydrogens (tertiary/aromatic N) is 1. The summed E-state index contributed by atoms with van der Waals surface area (Å²) < 4.78 is 6.49. The molecule has 3 aromatic rings. The van der Waals surface area contributed by atoms with Crippen molar-refractivity contribution in [3.63, 3.8) is 0 Å². The number of benzene rings is 2. The average Bonchev–Trinajstić information content (AvgIpc) is 3.01. The molecule has 2 aromatic carbocycles. The summed E-state index contributed by atoms with van der Waals surface area (Å²) in [7, 11) is 0. The van der Waals surface area contributed by atoms with Gasteiger partial charge in [0.2, 0.25) is 0 Å². The number of aryl methyl sites for hydroxylation is 1. The van der Waals surface area contributed by atoms with Gasteiger partial charge in [-0.3, -0.25) is 10.1 Å². The Labute approximate surface area is 171 Å². The third-order valence-corrected chi connectivity index (χ3v) is 5.58. The number of hydrogen-bond donors (Lipinski definition) is 1. The first-order valence-corrected chi connectivity index (χ1v) is 10.3. The van der Waals surface area contributed by atoms with Crippen LogP contribution in [0.25, 0.3) is 11.3 Å². The van der Waals surface area contributed by atoms with E-state index in [2.05, 4.69) is 40.1 Å². The van der Waals surface area contributed by atoms with Crippen molar-refractivity contribution in [3.8, 4) is 17.0 Å². The van der Waals surface area contributed by atoms with Crippen molar-refractivity contribution < 1.29 is 9.53 Å². The summed E-state index contributed by atoms with van der Waals surface area (Å²) in [4.78, 5) is 17.8. The number of ether oxygens (including phenoxy) is 1. The van der Waals surface area contributed by atoms with Gasteiger partial charge in [-0.2, -0.15) is 0 Å². The Bertz CT molecular complexity index is 939. The Morgan fingerprint density at radius 2 is 1.96 bits per heavy atom. The number of hydrogen-bond acceptors (Lipinski definition) is 4. The SMILES string of the molecule is Cc1sc(NC(=O)COc2ccc(C(C)C)cc2Br)nc1-c1ccccc1. The predicted molar refractivity (Wildman–Crippen MR) is 115 cm³/mol. The van der Waals surface area contributed by atoms with Crippen molar-refractivity contribution >= 4 is 38.3 Å². The molecule has 0 atom stereocenters. The summed E-state index contributed by atoms with van der Waals surface area (Å²) in [6.45, 7) is 6.20. The Hall–Kier alpha value is -2.18. The number of nitrogens with one attached hydrogen (secondary N) is 1. The van der Waals surface area contributed by atoms with Crippen LogP contribution in [0, 0.1) is 6.92 Å². The molecule has 3 rings (SSSR count). The van der Waals surface area contributed by atoms with Crippen LogP contribution in [0.2, 0.25) is 0 Å². The lowest BCUT2D eigenvalue weighted by molar-refractivity contribution is -0.118. The fourth-order valence-electron chi connectivity index (χ4n) is 2.61. The number of carbonyl (C=O) groups is 1. The van der Waals surface area contributed by atoms with Gasteiger partial charge >= 0.3 is 0 Å². The Balaban J connectivity index is 1.62. The van der Waals surface area contributed by atoms with Crippen LogP contribution in [0.1, 0.15) is 30.2 Å². The molecule has 1 N–H and O–H groups in total. The van der Waals surface area contributed by atoms with E-state index >= 15 is 0 Å². The summed E-state index contributed by atoms with van der Waals surface area (Å²) in [5.41, 5.74) is 3.14. The molecule has 140 valence electrons. The Morgan fingerprint density at radius 3 is 2.63 bits per heavy atom. The van der Waals surface area contributed by atoms with Crippen molar-refractivity contribution in [1.29, 1.82) is 0 Å². The van der Waals surface area contributed by atoms with Crippen molar-refractivity contribution in [3.05, 3.63) is 63.4 Å². The number of rotatable bonds is 6. The molecule has 1 amide bonds. The van der Waals surface area contributed by atoms with Gasteiger partial charge in [-0.05, 0) is 46.5 Å². The Kier molecular flexibility index (Phi) is 6.29. The lowest BCUT2D eigenvalue weighted by Crippen LogP contribution is -2.20.